The molecular weight excluding hydrogens is 431 g/mol. The first kappa shape index (κ1) is 24.6. The van der Waals surface area contributed by atoms with Crippen molar-refractivity contribution in [3.05, 3.63) is 102 Å². The van der Waals surface area contributed by atoms with E-state index in [0.717, 1.165) is 28.7 Å². The Balaban J connectivity index is 1.63. The first-order chi connectivity index (χ1) is 16.2. The van der Waals surface area contributed by atoms with Gasteiger partial charge < -0.3 is 9.47 Å². The topological polar surface area (TPSA) is 52.6 Å². The average Bonchev–Trinajstić information content (AvgIpc) is 2.82. The Hall–Kier alpha value is -3.99. The van der Waals surface area contributed by atoms with Crippen molar-refractivity contribution in [2.45, 2.75) is 26.7 Å². The van der Waals surface area contributed by atoms with Gasteiger partial charge >= 0.3 is 11.9 Å². The number of hydrogen-bond acceptors (Lipinski definition) is 4. The molecule has 0 fully saturated rings. The standard InChI is InChI=1S/C29H27FO4/c1-19(2)28(31)33-17-5-6-21-7-9-23(10-8-21)26-16-13-24(18-27(26)30)22-11-14-25(15-12-22)34-29(32)20(3)4/h7-16,18H,1,3,5-6,17H2,2,4H3. The van der Waals surface area contributed by atoms with Crippen LogP contribution in [0.5, 0.6) is 5.75 Å². The highest BCUT2D eigenvalue weighted by Gasteiger charge is 2.10. The summed E-state index contributed by atoms with van der Waals surface area (Å²) in [6.45, 7) is 10.6. The summed E-state index contributed by atoms with van der Waals surface area (Å²) in [5.74, 6) is -0.783. The lowest BCUT2D eigenvalue weighted by Gasteiger charge is -2.09. The molecular formula is C29H27FO4. The Bertz CT molecular complexity index is 1210. The van der Waals surface area contributed by atoms with Gasteiger partial charge in [-0.2, -0.15) is 0 Å². The molecule has 0 radical (unpaired) electrons. The fraction of sp³-hybridized carbons (Fsp3) is 0.172. The second-order valence-corrected chi connectivity index (χ2v) is 8.11. The number of benzene rings is 3. The quantitative estimate of drug-likeness (QED) is 0.155. The van der Waals surface area contributed by atoms with Gasteiger partial charge in [0.1, 0.15) is 11.6 Å². The van der Waals surface area contributed by atoms with Crippen LogP contribution < -0.4 is 4.74 Å². The highest BCUT2D eigenvalue weighted by molar-refractivity contribution is 5.89. The summed E-state index contributed by atoms with van der Waals surface area (Å²) >= 11 is 0. The zero-order valence-electron chi connectivity index (χ0n) is 19.4. The number of carbonyl (C=O) groups is 2. The molecule has 0 bridgehead atoms. The molecule has 0 saturated heterocycles. The van der Waals surface area contributed by atoms with Crippen molar-refractivity contribution >= 4 is 11.9 Å². The molecule has 3 aromatic rings. The molecule has 3 aromatic carbocycles. The summed E-state index contributed by atoms with van der Waals surface area (Å²) in [5.41, 5.74) is 4.61. The minimum atomic E-state index is -0.486. The molecule has 0 heterocycles. The first-order valence-electron chi connectivity index (χ1n) is 10.9. The van der Waals surface area contributed by atoms with Crippen LogP contribution in [0.2, 0.25) is 0 Å². The molecule has 3 rings (SSSR count). The van der Waals surface area contributed by atoms with E-state index in [4.69, 9.17) is 9.47 Å². The van der Waals surface area contributed by atoms with E-state index in [1.54, 1.807) is 44.2 Å². The highest BCUT2D eigenvalue weighted by Crippen LogP contribution is 2.29. The fourth-order valence-electron chi connectivity index (χ4n) is 3.25. The minimum absolute atomic E-state index is 0.318. The van der Waals surface area contributed by atoms with Crippen molar-refractivity contribution in [1.82, 2.24) is 0 Å². The van der Waals surface area contributed by atoms with Crippen molar-refractivity contribution in [2.75, 3.05) is 6.61 Å². The van der Waals surface area contributed by atoms with Gasteiger partial charge in [-0.15, -0.1) is 0 Å². The van der Waals surface area contributed by atoms with Gasteiger partial charge in [-0.3, -0.25) is 0 Å². The highest BCUT2D eigenvalue weighted by atomic mass is 19.1. The normalized spacial score (nSPS) is 10.4. The number of ether oxygens (including phenoxy) is 2. The molecule has 0 aliphatic heterocycles. The molecule has 34 heavy (non-hydrogen) atoms. The van der Waals surface area contributed by atoms with Gasteiger partial charge in [0.05, 0.1) is 6.61 Å². The summed E-state index contributed by atoms with van der Waals surface area (Å²) < 4.78 is 25.2. The molecule has 0 aliphatic rings. The van der Waals surface area contributed by atoms with Crippen LogP contribution in [0.15, 0.2) is 91.0 Å². The molecule has 0 N–H and O–H groups in total. The van der Waals surface area contributed by atoms with Crippen LogP contribution in [0.3, 0.4) is 0 Å². The molecule has 0 saturated carbocycles. The van der Waals surface area contributed by atoms with Gasteiger partial charge in [-0.25, -0.2) is 14.0 Å². The smallest absolute Gasteiger partial charge is 0.338 e. The SMILES string of the molecule is C=C(C)C(=O)OCCCc1ccc(-c2ccc(-c3ccc(OC(=O)C(=C)C)cc3)cc2F)cc1. The maximum absolute atomic E-state index is 14.9. The van der Waals surface area contributed by atoms with Crippen LogP contribution in [-0.2, 0) is 20.7 Å². The monoisotopic (exact) mass is 458 g/mol. The Morgan fingerprint density at radius 1 is 0.794 bits per heavy atom. The van der Waals surface area contributed by atoms with Gasteiger partial charge in [0, 0.05) is 16.7 Å². The van der Waals surface area contributed by atoms with Crippen molar-refractivity contribution in [1.29, 1.82) is 0 Å². The van der Waals surface area contributed by atoms with E-state index in [1.807, 2.05) is 30.3 Å². The Morgan fingerprint density at radius 2 is 1.38 bits per heavy atom. The zero-order chi connectivity index (χ0) is 24.7. The van der Waals surface area contributed by atoms with Crippen LogP contribution in [0, 0.1) is 5.82 Å². The van der Waals surface area contributed by atoms with E-state index in [9.17, 15) is 14.0 Å². The lowest BCUT2D eigenvalue weighted by molar-refractivity contribution is -0.139. The second-order valence-electron chi connectivity index (χ2n) is 8.11. The number of halogens is 1. The Kier molecular flexibility index (Phi) is 8.14. The van der Waals surface area contributed by atoms with Crippen LogP contribution >= 0.6 is 0 Å². The Labute approximate surface area is 199 Å². The summed E-state index contributed by atoms with van der Waals surface area (Å²) in [5, 5.41) is 0. The van der Waals surface area contributed by atoms with E-state index in [1.165, 1.54) is 6.07 Å². The molecule has 0 aromatic heterocycles. The molecule has 0 atom stereocenters. The van der Waals surface area contributed by atoms with Crippen LogP contribution in [0.1, 0.15) is 25.8 Å². The summed E-state index contributed by atoms with van der Waals surface area (Å²) in [7, 11) is 0. The maximum atomic E-state index is 14.9. The molecule has 0 spiro atoms. The lowest BCUT2D eigenvalue weighted by atomic mass is 9.98. The molecule has 0 aliphatic carbocycles. The van der Waals surface area contributed by atoms with Crippen molar-refractivity contribution in [2.24, 2.45) is 0 Å². The first-order valence-corrected chi connectivity index (χ1v) is 10.9. The predicted octanol–water partition coefficient (Wildman–Crippen LogP) is 6.69. The van der Waals surface area contributed by atoms with Crippen LogP contribution in [-0.4, -0.2) is 18.5 Å². The summed E-state index contributed by atoms with van der Waals surface area (Å²) in [6, 6.07) is 19.7. The maximum Gasteiger partial charge on any atom is 0.338 e. The number of hydrogen-bond donors (Lipinski definition) is 0. The van der Waals surface area contributed by atoms with E-state index >= 15 is 0 Å². The van der Waals surface area contributed by atoms with Crippen molar-refractivity contribution in [3.63, 3.8) is 0 Å². The molecule has 0 unspecified atom stereocenters. The van der Waals surface area contributed by atoms with E-state index in [-0.39, 0.29) is 11.8 Å². The molecule has 5 heteroatoms. The van der Waals surface area contributed by atoms with Crippen LogP contribution in [0.25, 0.3) is 22.3 Å². The lowest BCUT2D eigenvalue weighted by Crippen LogP contribution is -2.07. The van der Waals surface area contributed by atoms with Crippen molar-refractivity contribution in [3.8, 4) is 28.0 Å². The van der Waals surface area contributed by atoms with Crippen molar-refractivity contribution < 1.29 is 23.5 Å². The van der Waals surface area contributed by atoms with Gasteiger partial charge in [-0.05, 0) is 67.1 Å². The van der Waals surface area contributed by atoms with E-state index in [2.05, 4.69) is 13.2 Å². The van der Waals surface area contributed by atoms with E-state index < -0.39 is 5.97 Å². The summed E-state index contributed by atoms with van der Waals surface area (Å²) in [4.78, 5) is 23.0. The van der Waals surface area contributed by atoms with Gasteiger partial charge in [0.2, 0.25) is 0 Å². The number of rotatable bonds is 9. The number of esters is 2. The van der Waals surface area contributed by atoms with E-state index in [0.29, 0.717) is 35.5 Å². The Morgan fingerprint density at radius 3 is 1.97 bits per heavy atom. The minimum Gasteiger partial charge on any atom is -0.462 e. The number of aryl methyl sites for hydroxylation is 1. The predicted molar refractivity (Wildman–Crippen MR) is 132 cm³/mol. The second kappa shape index (κ2) is 11.2. The molecule has 174 valence electrons. The van der Waals surface area contributed by atoms with Crippen LogP contribution in [0.4, 0.5) is 4.39 Å². The average molecular weight is 459 g/mol. The third kappa shape index (κ3) is 6.51. The molecule has 0 amide bonds. The largest absolute Gasteiger partial charge is 0.462 e. The van der Waals surface area contributed by atoms with Gasteiger partial charge in [0.25, 0.3) is 0 Å². The number of carbonyl (C=O) groups excluding carboxylic acids is 2. The van der Waals surface area contributed by atoms with Gasteiger partial charge in [-0.1, -0.05) is 61.7 Å². The summed E-state index contributed by atoms with van der Waals surface area (Å²) in [6.07, 6.45) is 1.45. The zero-order valence-corrected chi connectivity index (χ0v) is 19.4. The third-order valence-corrected chi connectivity index (χ3v) is 5.17. The molecule has 4 nitrogen and oxygen atoms in total. The third-order valence-electron chi connectivity index (χ3n) is 5.17. The van der Waals surface area contributed by atoms with Gasteiger partial charge in [0.15, 0.2) is 0 Å². The fourth-order valence-corrected chi connectivity index (χ4v) is 3.25.